The molecule has 2 aliphatic heterocycles. The molecule has 1 saturated heterocycles. The van der Waals surface area contributed by atoms with Crippen LogP contribution in [0.15, 0.2) is 0 Å². The second-order valence-corrected chi connectivity index (χ2v) is 7.62. The molecule has 0 saturated carbocycles. The normalized spacial score (nSPS) is 27.9. The Morgan fingerprint density at radius 3 is 2.89 bits per heavy atom. The van der Waals surface area contributed by atoms with Gasteiger partial charge in [0.1, 0.15) is 5.82 Å². The molecule has 1 fully saturated rings. The third-order valence-electron chi connectivity index (χ3n) is 3.60. The molecule has 0 aliphatic carbocycles. The van der Waals surface area contributed by atoms with Gasteiger partial charge in [-0.25, -0.2) is 9.97 Å². The Kier molecular flexibility index (Phi) is 3.82. The summed E-state index contributed by atoms with van der Waals surface area (Å²) < 4.78 is 0. The van der Waals surface area contributed by atoms with Crippen LogP contribution in [0.25, 0.3) is 0 Å². The van der Waals surface area contributed by atoms with E-state index in [-0.39, 0.29) is 0 Å². The van der Waals surface area contributed by atoms with Gasteiger partial charge in [-0.15, -0.1) is 11.8 Å². The Bertz CT molecular complexity index is 450. The lowest BCUT2D eigenvalue weighted by Crippen LogP contribution is -2.28. The van der Waals surface area contributed by atoms with E-state index in [1.807, 2.05) is 11.8 Å². The zero-order chi connectivity index (χ0) is 12.5. The lowest BCUT2D eigenvalue weighted by molar-refractivity contribution is 0.612. The van der Waals surface area contributed by atoms with E-state index in [9.17, 15) is 0 Å². The minimum atomic E-state index is 0.475. The Hall–Kier alpha value is -0.260. The van der Waals surface area contributed by atoms with Gasteiger partial charge in [0, 0.05) is 47.5 Å². The second-order valence-electron chi connectivity index (χ2n) is 4.89. The smallest absolute Gasteiger partial charge is 0.142 e. The SMILES string of the molecule is Cc1nc(C2SCCSC2C)nc2c1CNCC2. The highest BCUT2D eigenvalue weighted by atomic mass is 32.2. The van der Waals surface area contributed by atoms with Gasteiger partial charge in [0.25, 0.3) is 0 Å². The number of aromatic nitrogens is 2. The first-order chi connectivity index (χ1) is 8.75. The van der Waals surface area contributed by atoms with Gasteiger partial charge in [-0.1, -0.05) is 6.92 Å². The summed E-state index contributed by atoms with van der Waals surface area (Å²) in [7, 11) is 0. The fourth-order valence-electron chi connectivity index (χ4n) is 2.58. The topological polar surface area (TPSA) is 37.8 Å². The fourth-order valence-corrected chi connectivity index (χ4v) is 5.27. The van der Waals surface area contributed by atoms with Gasteiger partial charge in [0.15, 0.2) is 0 Å². The highest BCUT2D eigenvalue weighted by molar-refractivity contribution is 8.06. The monoisotopic (exact) mass is 281 g/mol. The van der Waals surface area contributed by atoms with Crippen molar-refractivity contribution >= 4 is 23.5 Å². The molecule has 2 aliphatic rings. The van der Waals surface area contributed by atoms with Crippen molar-refractivity contribution in [3.63, 3.8) is 0 Å². The van der Waals surface area contributed by atoms with Gasteiger partial charge in [0.05, 0.1) is 10.9 Å². The van der Waals surface area contributed by atoms with E-state index in [1.54, 1.807) is 0 Å². The van der Waals surface area contributed by atoms with Crippen LogP contribution in [-0.2, 0) is 13.0 Å². The number of nitrogens with zero attached hydrogens (tertiary/aromatic N) is 2. The van der Waals surface area contributed by atoms with Crippen LogP contribution < -0.4 is 5.32 Å². The standard InChI is InChI=1S/C13H19N3S2/c1-8-10-7-14-4-3-11(10)16-13(15-8)12-9(2)17-5-6-18-12/h9,12,14H,3-7H2,1-2H3. The predicted octanol–water partition coefficient (Wildman–Crippen LogP) is 2.34. The molecule has 5 heteroatoms. The fraction of sp³-hybridized carbons (Fsp3) is 0.692. The average molecular weight is 281 g/mol. The molecule has 3 heterocycles. The van der Waals surface area contributed by atoms with Crippen molar-refractivity contribution in [1.82, 2.24) is 15.3 Å². The van der Waals surface area contributed by atoms with Crippen molar-refractivity contribution in [3.05, 3.63) is 22.8 Å². The number of aryl methyl sites for hydroxylation is 1. The van der Waals surface area contributed by atoms with E-state index < -0.39 is 0 Å². The minimum absolute atomic E-state index is 0.475. The van der Waals surface area contributed by atoms with Crippen molar-refractivity contribution in [2.75, 3.05) is 18.1 Å². The van der Waals surface area contributed by atoms with E-state index in [0.29, 0.717) is 10.5 Å². The van der Waals surface area contributed by atoms with Crippen molar-refractivity contribution in [3.8, 4) is 0 Å². The lowest BCUT2D eigenvalue weighted by Gasteiger charge is -2.28. The van der Waals surface area contributed by atoms with Gasteiger partial charge >= 0.3 is 0 Å². The van der Waals surface area contributed by atoms with Gasteiger partial charge in [-0.05, 0) is 6.92 Å². The van der Waals surface area contributed by atoms with E-state index in [2.05, 4.69) is 30.9 Å². The van der Waals surface area contributed by atoms with Crippen LogP contribution in [0, 0.1) is 6.92 Å². The molecule has 18 heavy (non-hydrogen) atoms. The molecule has 2 atom stereocenters. The van der Waals surface area contributed by atoms with Gasteiger partial charge in [-0.2, -0.15) is 11.8 Å². The molecule has 1 N–H and O–H groups in total. The number of thioether (sulfide) groups is 2. The summed E-state index contributed by atoms with van der Waals surface area (Å²) in [6.07, 6.45) is 1.05. The second kappa shape index (κ2) is 5.39. The predicted molar refractivity (Wildman–Crippen MR) is 79.3 cm³/mol. The number of hydrogen-bond acceptors (Lipinski definition) is 5. The zero-order valence-corrected chi connectivity index (χ0v) is 12.5. The summed E-state index contributed by atoms with van der Waals surface area (Å²) in [5, 5.41) is 4.50. The van der Waals surface area contributed by atoms with Crippen LogP contribution in [0.3, 0.4) is 0 Å². The minimum Gasteiger partial charge on any atom is -0.312 e. The largest absolute Gasteiger partial charge is 0.312 e. The molecular formula is C13H19N3S2. The van der Waals surface area contributed by atoms with E-state index in [0.717, 1.165) is 25.3 Å². The molecule has 1 aromatic heterocycles. The summed E-state index contributed by atoms with van der Waals surface area (Å²) in [6, 6.07) is 0. The maximum atomic E-state index is 4.86. The van der Waals surface area contributed by atoms with Crippen LogP contribution in [0.4, 0.5) is 0 Å². The number of nitrogens with one attached hydrogen (secondary N) is 1. The molecule has 2 unspecified atom stereocenters. The maximum Gasteiger partial charge on any atom is 0.142 e. The van der Waals surface area contributed by atoms with Gasteiger partial charge in [0.2, 0.25) is 0 Å². The van der Waals surface area contributed by atoms with Crippen LogP contribution in [0.1, 0.15) is 34.9 Å². The highest BCUT2D eigenvalue weighted by Gasteiger charge is 2.28. The molecule has 3 nitrogen and oxygen atoms in total. The number of rotatable bonds is 1. The molecule has 0 aromatic carbocycles. The summed E-state index contributed by atoms with van der Waals surface area (Å²) in [5.41, 5.74) is 3.77. The highest BCUT2D eigenvalue weighted by Crippen LogP contribution is 2.41. The molecule has 0 spiro atoms. The first-order valence-electron chi connectivity index (χ1n) is 6.56. The van der Waals surface area contributed by atoms with Crippen molar-refractivity contribution in [2.45, 2.75) is 37.3 Å². The van der Waals surface area contributed by atoms with Crippen LogP contribution in [0.2, 0.25) is 0 Å². The van der Waals surface area contributed by atoms with Gasteiger partial charge < -0.3 is 5.32 Å². The van der Waals surface area contributed by atoms with E-state index in [1.165, 1.54) is 28.5 Å². The molecule has 3 rings (SSSR count). The van der Waals surface area contributed by atoms with Crippen molar-refractivity contribution < 1.29 is 0 Å². The summed E-state index contributed by atoms with van der Waals surface area (Å²) in [6.45, 7) is 6.41. The average Bonchev–Trinajstić information content (AvgIpc) is 2.39. The molecular weight excluding hydrogens is 262 g/mol. The van der Waals surface area contributed by atoms with Crippen LogP contribution >= 0.6 is 23.5 Å². The van der Waals surface area contributed by atoms with Crippen LogP contribution in [-0.4, -0.2) is 33.3 Å². The van der Waals surface area contributed by atoms with Crippen molar-refractivity contribution in [1.29, 1.82) is 0 Å². The third-order valence-corrected chi connectivity index (χ3v) is 6.69. The Morgan fingerprint density at radius 1 is 1.22 bits per heavy atom. The Morgan fingerprint density at radius 2 is 2.06 bits per heavy atom. The summed E-state index contributed by atoms with van der Waals surface area (Å²) in [5.74, 6) is 3.55. The lowest BCUT2D eigenvalue weighted by atomic mass is 10.1. The van der Waals surface area contributed by atoms with E-state index in [4.69, 9.17) is 9.97 Å². The summed E-state index contributed by atoms with van der Waals surface area (Å²) in [4.78, 5) is 9.64. The molecule has 98 valence electrons. The third kappa shape index (κ3) is 2.40. The summed E-state index contributed by atoms with van der Waals surface area (Å²) >= 11 is 4.07. The van der Waals surface area contributed by atoms with Crippen molar-refractivity contribution in [2.24, 2.45) is 0 Å². The molecule has 0 amide bonds. The Labute approximate surface area is 117 Å². The number of hydrogen-bond donors (Lipinski definition) is 1. The molecule has 1 aromatic rings. The van der Waals surface area contributed by atoms with E-state index >= 15 is 0 Å². The van der Waals surface area contributed by atoms with Crippen LogP contribution in [0.5, 0.6) is 0 Å². The Balaban J connectivity index is 1.94. The van der Waals surface area contributed by atoms with Gasteiger partial charge in [-0.3, -0.25) is 0 Å². The quantitative estimate of drug-likeness (QED) is 0.855. The first kappa shape index (κ1) is 12.8. The number of fused-ring (bicyclic) bond motifs is 1. The zero-order valence-electron chi connectivity index (χ0n) is 10.9. The first-order valence-corrected chi connectivity index (χ1v) is 8.65. The molecule has 0 bridgehead atoms. The maximum absolute atomic E-state index is 4.86. The molecule has 0 radical (unpaired) electrons.